The summed E-state index contributed by atoms with van der Waals surface area (Å²) < 4.78 is 18.8. The van der Waals surface area contributed by atoms with Crippen LogP contribution in [0.4, 0.5) is 4.39 Å². The topological polar surface area (TPSA) is 41.6 Å². The van der Waals surface area contributed by atoms with Crippen molar-refractivity contribution in [3.8, 4) is 5.75 Å². The molecule has 0 radical (unpaired) electrons. The molecule has 5 heteroatoms. The monoisotopic (exact) mass is 306 g/mol. The maximum atomic E-state index is 13.4. The average molecular weight is 306 g/mol. The highest BCUT2D eigenvalue weighted by Gasteiger charge is 2.36. The number of ether oxygens (including phenoxy) is 1. The van der Waals surface area contributed by atoms with Crippen molar-refractivity contribution in [2.75, 3.05) is 13.7 Å². The van der Waals surface area contributed by atoms with E-state index < -0.39 is 5.82 Å². The van der Waals surface area contributed by atoms with Crippen LogP contribution in [0.3, 0.4) is 0 Å². The molecule has 22 heavy (non-hydrogen) atoms. The van der Waals surface area contributed by atoms with Crippen LogP contribution < -0.4 is 10.1 Å². The third-order valence-electron chi connectivity index (χ3n) is 4.80. The molecule has 2 bridgehead atoms. The molecule has 0 spiro atoms. The predicted molar refractivity (Wildman–Crippen MR) is 82.2 cm³/mol. The Hall–Kier alpha value is -1.62. The number of benzene rings is 1. The quantitative estimate of drug-likeness (QED) is 0.908. The second-order valence-corrected chi connectivity index (χ2v) is 6.30. The number of rotatable bonds is 5. The standard InChI is InChI=1S/C17H23FN2O2/c1-20(14-10-12-6-7-13(11-14)19-12)17(21)8-9-22-16-5-3-2-4-15(16)18/h2-5,12-14,19H,6-11H2,1H3. The van der Waals surface area contributed by atoms with Crippen molar-refractivity contribution < 1.29 is 13.9 Å². The van der Waals surface area contributed by atoms with E-state index in [1.54, 1.807) is 18.2 Å². The maximum absolute atomic E-state index is 13.4. The van der Waals surface area contributed by atoms with E-state index in [0.717, 1.165) is 12.8 Å². The first kappa shape index (κ1) is 15.3. The highest BCUT2D eigenvalue weighted by atomic mass is 19.1. The second kappa shape index (κ2) is 6.65. The number of halogens is 1. The lowest BCUT2D eigenvalue weighted by atomic mass is 9.98. The van der Waals surface area contributed by atoms with Crippen molar-refractivity contribution in [2.45, 2.75) is 50.2 Å². The summed E-state index contributed by atoms with van der Waals surface area (Å²) in [4.78, 5) is 14.1. The molecule has 2 aliphatic rings. The van der Waals surface area contributed by atoms with E-state index in [1.165, 1.54) is 18.9 Å². The van der Waals surface area contributed by atoms with Gasteiger partial charge in [-0.3, -0.25) is 4.79 Å². The number of fused-ring (bicyclic) bond motifs is 2. The molecule has 2 saturated heterocycles. The molecule has 1 aromatic rings. The molecule has 1 N–H and O–H groups in total. The number of hydrogen-bond acceptors (Lipinski definition) is 3. The average Bonchev–Trinajstić information content (AvgIpc) is 2.86. The van der Waals surface area contributed by atoms with Gasteiger partial charge >= 0.3 is 0 Å². The summed E-state index contributed by atoms with van der Waals surface area (Å²) in [5.74, 6) is -0.112. The lowest BCUT2D eigenvalue weighted by Crippen LogP contribution is -2.48. The van der Waals surface area contributed by atoms with E-state index >= 15 is 0 Å². The number of hydrogen-bond donors (Lipinski definition) is 1. The van der Waals surface area contributed by atoms with Gasteiger partial charge in [0.2, 0.25) is 5.91 Å². The molecular formula is C17H23FN2O2. The van der Waals surface area contributed by atoms with Gasteiger partial charge in [-0.05, 0) is 37.8 Å². The van der Waals surface area contributed by atoms with E-state index in [1.807, 2.05) is 11.9 Å². The minimum atomic E-state index is -0.391. The van der Waals surface area contributed by atoms with E-state index in [9.17, 15) is 9.18 Å². The number of carbonyl (C=O) groups excluding carboxylic acids is 1. The minimum Gasteiger partial charge on any atom is -0.490 e. The van der Waals surface area contributed by atoms with E-state index in [2.05, 4.69) is 5.32 Å². The van der Waals surface area contributed by atoms with Crippen molar-refractivity contribution in [2.24, 2.45) is 0 Å². The fourth-order valence-corrected chi connectivity index (χ4v) is 3.53. The normalized spacial score (nSPS) is 26.7. The number of para-hydroxylation sites is 1. The molecular weight excluding hydrogens is 283 g/mol. The molecule has 1 amide bonds. The largest absolute Gasteiger partial charge is 0.490 e. The summed E-state index contributed by atoms with van der Waals surface area (Å²) in [6.45, 7) is 0.210. The van der Waals surface area contributed by atoms with Crippen LogP contribution >= 0.6 is 0 Å². The van der Waals surface area contributed by atoms with Gasteiger partial charge in [0.05, 0.1) is 13.0 Å². The Labute approximate surface area is 130 Å². The fourth-order valence-electron chi connectivity index (χ4n) is 3.53. The number of nitrogens with one attached hydrogen (secondary N) is 1. The Morgan fingerprint density at radius 2 is 2.00 bits per heavy atom. The van der Waals surface area contributed by atoms with E-state index in [4.69, 9.17) is 4.74 Å². The third-order valence-corrected chi connectivity index (χ3v) is 4.80. The summed E-state index contributed by atoms with van der Waals surface area (Å²) in [6.07, 6.45) is 4.79. The molecule has 120 valence electrons. The Morgan fingerprint density at radius 1 is 1.32 bits per heavy atom. The first-order valence-corrected chi connectivity index (χ1v) is 8.02. The molecule has 0 saturated carbocycles. The summed E-state index contributed by atoms with van der Waals surface area (Å²) in [7, 11) is 1.88. The Morgan fingerprint density at radius 3 is 2.68 bits per heavy atom. The third kappa shape index (κ3) is 3.40. The van der Waals surface area contributed by atoms with E-state index in [-0.39, 0.29) is 24.7 Å². The van der Waals surface area contributed by atoms with Gasteiger partial charge in [0.15, 0.2) is 11.6 Å². The van der Waals surface area contributed by atoms with Crippen LogP contribution in [0.1, 0.15) is 32.1 Å². The number of amides is 1. The van der Waals surface area contributed by atoms with Crippen molar-refractivity contribution in [3.05, 3.63) is 30.1 Å². The molecule has 0 aliphatic carbocycles. The second-order valence-electron chi connectivity index (χ2n) is 6.30. The first-order chi connectivity index (χ1) is 10.6. The van der Waals surface area contributed by atoms with Crippen LogP contribution in [-0.2, 0) is 4.79 Å². The summed E-state index contributed by atoms with van der Waals surface area (Å²) in [6, 6.07) is 7.72. The van der Waals surface area contributed by atoms with Crippen LogP contribution in [0.2, 0.25) is 0 Å². The number of piperidine rings is 1. The summed E-state index contributed by atoms with van der Waals surface area (Å²) in [5.41, 5.74) is 0. The minimum absolute atomic E-state index is 0.0719. The maximum Gasteiger partial charge on any atom is 0.225 e. The smallest absolute Gasteiger partial charge is 0.225 e. The lowest BCUT2D eigenvalue weighted by Gasteiger charge is -2.35. The van der Waals surface area contributed by atoms with Crippen molar-refractivity contribution >= 4 is 5.91 Å². The number of carbonyl (C=O) groups is 1. The zero-order valence-corrected chi connectivity index (χ0v) is 12.9. The highest BCUT2D eigenvalue weighted by Crippen LogP contribution is 2.29. The highest BCUT2D eigenvalue weighted by molar-refractivity contribution is 5.76. The molecule has 3 rings (SSSR count). The SMILES string of the molecule is CN(C(=O)CCOc1ccccc1F)C1CC2CCC(C1)N2. The molecule has 1 aromatic carbocycles. The zero-order valence-electron chi connectivity index (χ0n) is 12.9. The summed E-state index contributed by atoms with van der Waals surface area (Å²) in [5, 5.41) is 3.58. The van der Waals surface area contributed by atoms with Crippen LogP contribution in [0.25, 0.3) is 0 Å². The molecule has 2 atom stereocenters. The van der Waals surface area contributed by atoms with Crippen LogP contribution in [0, 0.1) is 5.82 Å². The van der Waals surface area contributed by atoms with Gasteiger partial charge in [-0.25, -0.2) is 4.39 Å². The Kier molecular flexibility index (Phi) is 4.62. The van der Waals surface area contributed by atoms with Crippen LogP contribution in [-0.4, -0.2) is 42.6 Å². The van der Waals surface area contributed by atoms with Gasteiger partial charge in [0.1, 0.15) is 0 Å². The molecule has 2 heterocycles. The van der Waals surface area contributed by atoms with E-state index in [0.29, 0.717) is 18.1 Å². The van der Waals surface area contributed by atoms with Crippen LogP contribution in [0.15, 0.2) is 24.3 Å². The van der Waals surface area contributed by atoms with Crippen molar-refractivity contribution in [3.63, 3.8) is 0 Å². The zero-order chi connectivity index (χ0) is 15.5. The molecule has 2 aliphatic heterocycles. The lowest BCUT2D eigenvalue weighted by molar-refractivity contribution is -0.133. The Balaban J connectivity index is 1.46. The van der Waals surface area contributed by atoms with Gasteiger partial charge < -0.3 is 15.0 Å². The molecule has 0 aromatic heterocycles. The van der Waals surface area contributed by atoms with Gasteiger partial charge in [-0.1, -0.05) is 12.1 Å². The van der Waals surface area contributed by atoms with Gasteiger partial charge in [0.25, 0.3) is 0 Å². The summed E-state index contributed by atoms with van der Waals surface area (Å²) >= 11 is 0. The van der Waals surface area contributed by atoms with Crippen molar-refractivity contribution in [1.29, 1.82) is 0 Å². The molecule has 2 unspecified atom stereocenters. The fraction of sp³-hybridized carbons (Fsp3) is 0.588. The Bertz CT molecular complexity index is 525. The van der Waals surface area contributed by atoms with Gasteiger partial charge in [0, 0.05) is 25.2 Å². The molecule has 2 fully saturated rings. The predicted octanol–water partition coefficient (Wildman–Crippen LogP) is 2.34. The van der Waals surface area contributed by atoms with Gasteiger partial charge in [-0.2, -0.15) is 0 Å². The van der Waals surface area contributed by atoms with Crippen molar-refractivity contribution in [1.82, 2.24) is 10.2 Å². The van der Waals surface area contributed by atoms with Gasteiger partial charge in [-0.15, -0.1) is 0 Å². The van der Waals surface area contributed by atoms with Crippen LogP contribution in [0.5, 0.6) is 5.75 Å². The first-order valence-electron chi connectivity index (χ1n) is 8.02. The molecule has 4 nitrogen and oxygen atoms in total. The number of nitrogens with zero attached hydrogens (tertiary/aromatic N) is 1.